The molecule has 1 heterocycles. The molecule has 0 aliphatic carbocycles. The number of pyridine rings is 1. The number of nitrogens with zero attached hydrogens (tertiary/aromatic N) is 1. The summed E-state index contributed by atoms with van der Waals surface area (Å²) >= 11 is 0. The molecule has 21 heavy (non-hydrogen) atoms. The van der Waals surface area contributed by atoms with Gasteiger partial charge in [0.2, 0.25) is 0 Å². The molecule has 4 nitrogen and oxygen atoms in total. The van der Waals surface area contributed by atoms with Crippen LogP contribution in [0, 0.1) is 0 Å². The van der Waals surface area contributed by atoms with Crippen LogP contribution < -0.4 is 15.8 Å². The third-order valence-electron chi connectivity index (χ3n) is 3.44. The number of benzene rings is 2. The molecule has 0 radical (unpaired) electrons. The Morgan fingerprint density at radius 2 is 1.90 bits per heavy atom. The van der Waals surface area contributed by atoms with E-state index in [4.69, 9.17) is 10.5 Å². The molecule has 0 aliphatic heterocycles. The van der Waals surface area contributed by atoms with Gasteiger partial charge in [0.05, 0.1) is 18.3 Å². The smallest absolute Gasteiger partial charge is 0.118 e. The van der Waals surface area contributed by atoms with Crippen molar-refractivity contribution >= 4 is 22.3 Å². The minimum Gasteiger partial charge on any atom is -0.497 e. The number of ether oxygens (including phenoxy) is 1. The number of rotatable bonds is 4. The lowest BCUT2D eigenvalue weighted by Crippen LogP contribution is -2.01. The van der Waals surface area contributed by atoms with Crippen LogP contribution in [0.25, 0.3) is 10.9 Å². The first-order chi connectivity index (χ1) is 10.3. The molecular weight excluding hydrogens is 262 g/mol. The number of hydrogen-bond acceptors (Lipinski definition) is 4. The second-order valence-corrected chi connectivity index (χ2v) is 4.80. The molecule has 4 heteroatoms. The molecular formula is C17H17N3O. The second kappa shape index (κ2) is 5.71. The summed E-state index contributed by atoms with van der Waals surface area (Å²) in [5.74, 6) is 0.862. The lowest BCUT2D eigenvalue weighted by Gasteiger charge is -2.11. The Labute approximate surface area is 123 Å². The van der Waals surface area contributed by atoms with Gasteiger partial charge in [-0.3, -0.25) is 4.98 Å². The molecule has 0 spiro atoms. The molecule has 0 amide bonds. The van der Waals surface area contributed by atoms with Crippen LogP contribution in [0.4, 0.5) is 11.4 Å². The molecule has 3 aromatic rings. The van der Waals surface area contributed by atoms with Gasteiger partial charge < -0.3 is 15.8 Å². The summed E-state index contributed by atoms with van der Waals surface area (Å²) in [4.78, 5) is 4.34. The van der Waals surface area contributed by atoms with Crippen molar-refractivity contribution in [3.63, 3.8) is 0 Å². The average molecular weight is 279 g/mol. The molecule has 106 valence electrons. The van der Waals surface area contributed by atoms with Crippen molar-refractivity contribution in [3.8, 4) is 5.75 Å². The van der Waals surface area contributed by atoms with Crippen LogP contribution in [0.5, 0.6) is 5.75 Å². The van der Waals surface area contributed by atoms with E-state index in [1.165, 1.54) is 5.56 Å². The summed E-state index contributed by atoms with van der Waals surface area (Å²) in [6.45, 7) is 0.734. The van der Waals surface area contributed by atoms with E-state index in [1.54, 1.807) is 13.3 Å². The largest absolute Gasteiger partial charge is 0.497 e. The van der Waals surface area contributed by atoms with Crippen molar-refractivity contribution in [1.29, 1.82) is 0 Å². The van der Waals surface area contributed by atoms with E-state index in [0.29, 0.717) is 5.69 Å². The fourth-order valence-corrected chi connectivity index (χ4v) is 2.29. The van der Waals surface area contributed by atoms with Gasteiger partial charge in [-0.2, -0.15) is 0 Å². The highest BCUT2D eigenvalue weighted by atomic mass is 16.5. The Hall–Kier alpha value is -2.75. The van der Waals surface area contributed by atoms with Crippen LogP contribution in [0.1, 0.15) is 5.56 Å². The third kappa shape index (κ3) is 2.74. The average Bonchev–Trinajstić information content (AvgIpc) is 2.55. The first-order valence-corrected chi connectivity index (χ1v) is 6.78. The monoisotopic (exact) mass is 279 g/mol. The van der Waals surface area contributed by atoms with Crippen LogP contribution in [-0.4, -0.2) is 12.1 Å². The zero-order valence-electron chi connectivity index (χ0n) is 11.8. The number of anilines is 2. The van der Waals surface area contributed by atoms with E-state index in [-0.39, 0.29) is 0 Å². The van der Waals surface area contributed by atoms with E-state index < -0.39 is 0 Å². The summed E-state index contributed by atoms with van der Waals surface area (Å²) in [6, 6.07) is 15.8. The maximum absolute atomic E-state index is 5.96. The number of aromatic nitrogens is 1. The predicted octanol–water partition coefficient (Wildman–Crippen LogP) is 3.44. The Bertz CT molecular complexity index is 754. The first kappa shape index (κ1) is 13.2. The highest BCUT2D eigenvalue weighted by Crippen LogP contribution is 2.26. The zero-order chi connectivity index (χ0) is 14.7. The minimum absolute atomic E-state index is 0.695. The highest BCUT2D eigenvalue weighted by molar-refractivity contribution is 5.98. The standard InChI is InChI=1S/C17H17N3O/c1-21-13-6-4-12(5-7-13)11-20-16-9-8-15(18)17-14(16)3-2-10-19-17/h2-10,20H,11,18H2,1H3. The molecule has 0 saturated carbocycles. The van der Waals surface area contributed by atoms with Gasteiger partial charge in [0.25, 0.3) is 0 Å². The van der Waals surface area contributed by atoms with Gasteiger partial charge in [-0.25, -0.2) is 0 Å². The van der Waals surface area contributed by atoms with Crippen LogP contribution in [-0.2, 0) is 6.54 Å². The van der Waals surface area contributed by atoms with Gasteiger partial charge in [0.15, 0.2) is 0 Å². The molecule has 3 N–H and O–H groups in total. The fraction of sp³-hybridized carbons (Fsp3) is 0.118. The number of nitrogens with one attached hydrogen (secondary N) is 1. The Kier molecular flexibility index (Phi) is 3.60. The summed E-state index contributed by atoms with van der Waals surface area (Å²) in [5, 5.41) is 4.47. The summed E-state index contributed by atoms with van der Waals surface area (Å²) in [7, 11) is 1.67. The summed E-state index contributed by atoms with van der Waals surface area (Å²) < 4.78 is 5.16. The molecule has 0 aliphatic rings. The van der Waals surface area contributed by atoms with Gasteiger partial charge in [-0.15, -0.1) is 0 Å². The normalized spacial score (nSPS) is 10.5. The van der Waals surface area contributed by atoms with Crippen molar-refractivity contribution in [2.24, 2.45) is 0 Å². The lowest BCUT2D eigenvalue weighted by molar-refractivity contribution is 0.414. The zero-order valence-corrected chi connectivity index (χ0v) is 11.8. The molecule has 0 saturated heterocycles. The Morgan fingerprint density at radius 3 is 2.67 bits per heavy atom. The molecule has 2 aromatic carbocycles. The van der Waals surface area contributed by atoms with Gasteiger partial charge in [0.1, 0.15) is 5.75 Å². The first-order valence-electron chi connectivity index (χ1n) is 6.78. The van der Waals surface area contributed by atoms with E-state index in [1.807, 2.05) is 48.5 Å². The van der Waals surface area contributed by atoms with Crippen LogP contribution in [0.15, 0.2) is 54.7 Å². The molecule has 0 fully saturated rings. The van der Waals surface area contributed by atoms with Crippen LogP contribution >= 0.6 is 0 Å². The maximum Gasteiger partial charge on any atom is 0.118 e. The highest BCUT2D eigenvalue weighted by Gasteiger charge is 2.04. The SMILES string of the molecule is COc1ccc(CNc2ccc(N)c3ncccc23)cc1. The van der Waals surface area contributed by atoms with Crippen LogP contribution in [0.2, 0.25) is 0 Å². The number of fused-ring (bicyclic) bond motifs is 1. The van der Waals surface area contributed by atoms with E-state index >= 15 is 0 Å². The molecule has 3 rings (SSSR count). The number of methoxy groups -OCH3 is 1. The third-order valence-corrected chi connectivity index (χ3v) is 3.44. The van der Waals surface area contributed by atoms with Crippen LogP contribution in [0.3, 0.4) is 0 Å². The lowest BCUT2D eigenvalue weighted by atomic mass is 10.1. The molecule has 0 atom stereocenters. The van der Waals surface area contributed by atoms with E-state index in [9.17, 15) is 0 Å². The van der Waals surface area contributed by atoms with Crippen molar-refractivity contribution in [1.82, 2.24) is 4.98 Å². The van der Waals surface area contributed by atoms with Gasteiger partial charge in [0, 0.05) is 23.8 Å². The fourth-order valence-electron chi connectivity index (χ4n) is 2.29. The number of hydrogen-bond donors (Lipinski definition) is 2. The van der Waals surface area contributed by atoms with Gasteiger partial charge in [-0.1, -0.05) is 12.1 Å². The molecule has 0 bridgehead atoms. The van der Waals surface area contributed by atoms with Gasteiger partial charge >= 0.3 is 0 Å². The predicted molar refractivity (Wildman–Crippen MR) is 86.5 cm³/mol. The summed E-state index contributed by atoms with van der Waals surface area (Å²) in [5.41, 5.74) is 9.70. The van der Waals surface area contributed by atoms with E-state index in [0.717, 1.165) is 28.9 Å². The van der Waals surface area contributed by atoms with E-state index in [2.05, 4.69) is 10.3 Å². The number of nitrogen functional groups attached to an aromatic ring is 1. The summed E-state index contributed by atoms with van der Waals surface area (Å²) in [6.07, 6.45) is 1.76. The van der Waals surface area contributed by atoms with Crippen molar-refractivity contribution in [2.75, 3.05) is 18.2 Å². The second-order valence-electron chi connectivity index (χ2n) is 4.80. The topological polar surface area (TPSA) is 60.2 Å². The number of nitrogens with two attached hydrogens (primary N) is 1. The Balaban J connectivity index is 1.83. The minimum atomic E-state index is 0.695. The van der Waals surface area contributed by atoms with Crippen molar-refractivity contribution < 1.29 is 4.74 Å². The maximum atomic E-state index is 5.96. The van der Waals surface area contributed by atoms with Crippen molar-refractivity contribution in [2.45, 2.75) is 6.54 Å². The van der Waals surface area contributed by atoms with Gasteiger partial charge in [-0.05, 0) is 42.0 Å². The quantitative estimate of drug-likeness (QED) is 0.718. The Morgan fingerprint density at radius 1 is 1.10 bits per heavy atom. The molecule has 1 aromatic heterocycles. The molecule has 0 unspecified atom stereocenters. The van der Waals surface area contributed by atoms with Crippen molar-refractivity contribution in [3.05, 3.63) is 60.3 Å².